The highest BCUT2D eigenvalue weighted by molar-refractivity contribution is 5.48. The highest BCUT2D eigenvalue weighted by Gasteiger charge is 2.19. The van der Waals surface area contributed by atoms with E-state index in [2.05, 4.69) is 49.9 Å². The first-order valence-electron chi connectivity index (χ1n) is 8.22. The lowest BCUT2D eigenvalue weighted by Crippen LogP contribution is -2.24. The molecule has 1 aliphatic heterocycles. The maximum absolute atomic E-state index is 6.09. The van der Waals surface area contributed by atoms with Crippen LogP contribution >= 0.6 is 0 Å². The quantitative estimate of drug-likeness (QED) is 0.884. The lowest BCUT2D eigenvalue weighted by atomic mass is 9.89. The molecule has 1 saturated heterocycles. The number of hydrogen-bond acceptors (Lipinski definition) is 2. The van der Waals surface area contributed by atoms with Crippen molar-refractivity contribution in [2.24, 2.45) is 17.6 Å². The van der Waals surface area contributed by atoms with Gasteiger partial charge in [-0.05, 0) is 55.2 Å². The van der Waals surface area contributed by atoms with E-state index >= 15 is 0 Å². The molecule has 1 aliphatic rings. The van der Waals surface area contributed by atoms with Gasteiger partial charge in [-0.1, -0.05) is 32.9 Å². The maximum atomic E-state index is 6.09. The molecule has 2 nitrogen and oxygen atoms in total. The summed E-state index contributed by atoms with van der Waals surface area (Å²) in [4.78, 5) is 2.55. The van der Waals surface area contributed by atoms with Gasteiger partial charge in [0, 0.05) is 24.8 Å². The van der Waals surface area contributed by atoms with E-state index in [1.807, 2.05) is 0 Å². The minimum Gasteiger partial charge on any atom is -0.372 e. The Morgan fingerprint density at radius 3 is 2.45 bits per heavy atom. The second-order valence-corrected chi connectivity index (χ2v) is 6.53. The minimum atomic E-state index is 0.179. The second-order valence-electron chi connectivity index (χ2n) is 6.53. The van der Waals surface area contributed by atoms with Crippen molar-refractivity contribution in [2.45, 2.75) is 52.5 Å². The summed E-state index contributed by atoms with van der Waals surface area (Å²) in [6.07, 6.45) is 5.03. The van der Waals surface area contributed by atoms with Crippen LogP contribution in [0.1, 0.15) is 58.1 Å². The molecule has 0 bridgehead atoms. The van der Waals surface area contributed by atoms with Gasteiger partial charge in [-0.2, -0.15) is 0 Å². The average Bonchev–Trinajstić information content (AvgIpc) is 2.72. The van der Waals surface area contributed by atoms with Crippen molar-refractivity contribution in [1.82, 2.24) is 0 Å². The fourth-order valence-corrected chi connectivity index (χ4v) is 3.22. The molecule has 2 rings (SSSR count). The third kappa shape index (κ3) is 3.76. The zero-order chi connectivity index (χ0) is 14.5. The van der Waals surface area contributed by atoms with Gasteiger partial charge >= 0.3 is 0 Å². The van der Waals surface area contributed by atoms with Crippen molar-refractivity contribution in [2.75, 3.05) is 18.0 Å². The van der Waals surface area contributed by atoms with Crippen LogP contribution in [0.15, 0.2) is 24.3 Å². The fraction of sp³-hybridized carbons (Fsp3) is 0.667. The van der Waals surface area contributed by atoms with Gasteiger partial charge in [0.1, 0.15) is 0 Å². The molecule has 1 aromatic carbocycles. The van der Waals surface area contributed by atoms with Gasteiger partial charge in [0.05, 0.1) is 0 Å². The third-order valence-electron chi connectivity index (χ3n) is 4.84. The molecule has 2 unspecified atom stereocenters. The Morgan fingerprint density at radius 1 is 1.15 bits per heavy atom. The van der Waals surface area contributed by atoms with E-state index in [-0.39, 0.29) is 6.04 Å². The SMILES string of the molecule is CCC(N)c1ccc(N2CCCC(C(C)C)CC2)cc1. The van der Waals surface area contributed by atoms with Crippen LogP contribution in [0, 0.1) is 11.8 Å². The van der Waals surface area contributed by atoms with Gasteiger partial charge in [-0.25, -0.2) is 0 Å². The highest BCUT2D eigenvalue weighted by Crippen LogP contribution is 2.28. The van der Waals surface area contributed by atoms with Gasteiger partial charge < -0.3 is 10.6 Å². The molecular weight excluding hydrogens is 244 g/mol. The summed E-state index contributed by atoms with van der Waals surface area (Å²) in [5, 5.41) is 0. The van der Waals surface area contributed by atoms with Gasteiger partial charge in [0.2, 0.25) is 0 Å². The van der Waals surface area contributed by atoms with Crippen LogP contribution in [0.3, 0.4) is 0 Å². The summed E-state index contributed by atoms with van der Waals surface area (Å²) in [6, 6.07) is 9.09. The maximum Gasteiger partial charge on any atom is 0.0366 e. The van der Waals surface area contributed by atoms with E-state index in [1.165, 1.54) is 43.6 Å². The van der Waals surface area contributed by atoms with E-state index in [1.54, 1.807) is 0 Å². The molecule has 2 atom stereocenters. The molecule has 0 spiro atoms. The molecule has 1 heterocycles. The summed E-state index contributed by atoms with van der Waals surface area (Å²) in [5.74, 6) is 1.72. The first-order chi connectivity index (χ1) is 9.61. The summed E-state index contributed by atoms with van der Waals surface area (Å²) in [6.45, 7) is 9.26. The van der Waals surface area contributed by atoms with Crippen LogP contribution in [-0.2, 0) is 0 Å². The zero-order valence-electron chi connectivity index (χ0n) is 13.3. The monoisotopic (exact) mass is 274 g/mol. The van der Waals surface area contributed by atoms with Crippen molar-refractivity contribution in [3.63, 3.8) is 0 Å². The number of benzene rings is 1. The molecule has 1 fully saturated rings. The molecule has 2 heteroatoms. The van der Waals surface area contributed by atoms with Crippen LogP contribution in [-0.4, -0.2) is 13.1 Å². The predicted octanol–water partition coefficient (Wildman–Crippen LogP) is 4.36. The first kappa shape index (κ1) is 15.4. The Morgan fingerprint density at radius 2 is 1.85 bits per heavy atom. The van der Waals surface area contributed by atoms with E-state index in [0.717, 1.165) is 18.3 Å². The second kappa shape index (κ2) is 7.12. The summed E-state index contributed by atoms with van der Waals surface area (Å²) in [7, 11) is 0. The molecule has 2 N–H and O–H groups in total. The summed E-state index contributed by atoms with van der Waals surface area (Å²) in [5.41, 5.74) is 8.70. The number of nitrogens with two attached hydrogens (primary N) is 1. The summed E-state index contributed by atoms with van der Waals surface area (Å²) < 4.78 is 0. The predicted molar refractivity (Wildman–Crippen MR) is 88.1 cm³/mol. The molecular formula is C18H30N2. The van der Waals surface area contributed by atoms with Gasteiger partial charge in [0.15, 0.2) is 0 Å². The molecule has 1 aromatic rings. The number of nitrogens with zero attached hydrogens (tertiary/aromatic N) is 1. The minimum absolute atomic E-state index is 0.179. The lowest BCUT2D eigenvalue weighted by molar-refractivity contribution is 0.351. The smallest absolute Gasteiger partial charge is 0.0366 e. The van der Waals surface area contributed by atoms with Crippen LogP contribution in [0.2, 0.25) is 0 Å². The van der Waals surface area contributed by atoms with E-state index in [0.29, 0.717) is 0 Å². The third-order valence-corrected chi connectivity index (χ3v) is 4.84. The fourth-order valence-electron chi connectivity index (χ4n) is 3.22. The topological polar surface area (TPSA) is 29.3 Å². The zero-order valence-corrected chi connectivity index (χ0v) is 13.3. The van der Waals surface area contributed by atoms with Gasteiger partial charge in [-0.3, -0.25) is 0 Å². The molecule has 0 amide bonds. The average molecular weight is 274 g/mol. The van der Waals surface area contributed by atoms with Gasteiger partial charge in [-0.15, -0.1) is 0 Å². The standard InChI is InChI=1S/C18H30N2/c1-4-18(19)16-7-9-17(10-8-16)20-12-5-6-15(11-13-20)14(2)3/h7-10,14-15,18H,4-6,11-13,19H2,1-3H3. The molecule has 112 valence electrons. The molecule has 0 radical (unpaired) electrons. The van der Waals surface area contributed by atoms with Crippen molar-refractivity contribution >= 4 is 5.69 Å². The molecule has 0 aliphatic carbocycles. The normalized spacial score (nSPS) is 21.9. The van der Waals surface area contributed by atoms with Gasteiger partial charge in [0.25, 0.3) is 0 Å². The summed E-state index contributed by atoms with van der Waals surface area (Å²) >= 11 is 0. The number of hydrogen-bond donors (Lipinski definition) is 1. The Labute approximate surface area is 124 Å². The van der Waals surface area contributed by atoms with Crippen molar-refractivity contribution in [3.05, 3.63) is 29.8 Å². The highest BCUT2D eigenvalue weighted by atomic mass is 15.1. The molecule has 0 saturated carbocycles. The first-order valence-corrected chi connectivity index (χ1v) is 8.22. The number of rotatable bonds is 4. The number of anilines is 1. The van der Waals surface area contributed by atoms with E-state index in [4.69, 9.17) is 5.73 Å². The van der Waals surface area contributed by atoms with Crippen molar-refractivity contribution in [1.29, 1.82) is 0 Å². The molecule has 0 aromatic heterocycles. The Bertz CT molecular complexity index is 396. The van der Waals surface area contributed by atoms with Crippen LogP contribution < -0.4 is 10.6 Å². The van der Waals surface area contributed by atoms with Crippen LogP contribution in [0.5, 0.6) is 0 Å². The Kier molecular flexibility index (Phi) is 5.47. The van der Waals surface area contributed by atoms with Crippen LogP contribution in [0.4, 0.5) is 5.69 Å². The van der Waals surface area contributed by atoms with Crippen molar-refractivity contribution < 1.29 is 0 Å². The van der Waals surface area contributed by atoms with E-state index < -0.39 is 0 Å². The Hall–Kier alpha value is -1.02. The molecule has 20 heavy (non-hydrogen) atoms. The van der Waals surface area contributed by atoms with Crippen molar-refractivity contribution in [3.8, 4) is 0 Å². The lowest BCUT2D eigenvalue weighted by Gasteiger charge is -2.24. The Balaban J connectivity index is 2.01. The largest absolute Gasteiger partial charge is 0.372 e. The van der Waals surface area contributed by atoms with Crippen LogP contribution in [0.25, 0.3) is 0 Å². The van der Waals surface area contributed by atoms with E-state index in [9.17, 15) is 0 Å².